The van der Waals surface area contributed by atoms with E-state index in [2.05, 4.69) is 0 Å². The van der Waals surface area contributed by atoms with E-state index in [0.29, 0.717) is 13.0 Å². The van der Waals surface area contributed by atoms with Crippen LogP contribution in [0.1, 0.15) is 13.3 Å². The summed E-state index contributed by atoms with van der Waals surface area (Å²) in [7, 11) is 0. The molecule has 0 unspecified atom stereocenters. The quantitative estimate of drug-likeness (QED) is 0.702. The van der Waals surface area contributed by atoms with Crippen LogP contribution in [0.25, 0.3) is 0 Å². The Kier molecular flexibility index (Phi) is 3.89. The highest BCUT2D eigenvalue weighted by molar-refractivity contribution is 6.48. The standard InChI is InChI=1S/C10H12Cl2O/c1-10(11,12)7-8-13-9-5-3-2-4-6-9/h2-6H,7-8H2,1H3. The van der Waals surface area contributed by atoms with Gasteiger partial charge in [-0.3, -0.25) is 0 Å². The van der Waals surface area contributed by atoms with Crippen molar-refractivity contribution in [1.82, 2.24) is 0 Å². The molecule has 0 N–H and O–H groups in total. The summed E-state index contributed by atoms with van der Waals surface area (Å²) in [6.07, 6.45) is 0.616. The molecule has 0 bridgehead atoms. The zero-order chi connectivity index (χ0) is 9.73. The maximum absolute atomic E-state index is 5.78. The molecule has 72 valence electrons. The molecule has 0 aromatic heterocycles. The number of halogens is 2. The summed E-state index contributed by atoms with van der Waals surface area (Å²) in [6.45, 7) is 2.29. The summed E-state index contributed by atoms with van der Waals surface area (Å²) in [5.74, 6) is 0.847. The van der Waals surface area contributed by atoms with Crippen molar-refractivity contribution in [3.63, 3.8) is 0 Å². The molecule has 3 heteroatoms. The molecule has 1 nitrogen and oxygen atoms in total. The Morgan fingerprint density at radius 2 is 1.85 bits per heavy atom. The number of ether oxygens (including phenoxy) is 1. The smallest absolute Gasteiger partial charge is 0.119 e. The van der Waals surface area contributed by atoms with Crippen molar-refractivity contribution in [2.75, 3.05) is 6.61 Å². The lowest BCUT2D eigenvalue weighted by atomic mass is 10.3. The van der Waals surface area contributed by atoms with Crippen molar-refractivity contribution in [3.05, 3.63) is 30.3 Å². The van der Waals surface area contributed by atoms with Crippen LogP contribution in [0.3, 0.4) is 0 Å². The van der Waals surface area contributed by atoms with Crippen molar-refractivity contribution < 1.29 is 4.74 Å². The van der Waals surface area contributed by atoms with E-state index < -0.39 is 4.33 Å². The summed E-state index contributed by atoms with van der Waals surface area (Å²) in [5, 5.41) is 0. The first-order chi connectivity index (χ1) is 6.08. The average molecular weight is 219 g/mol. The molecule has 0 heterocycles. The Morgan fingerprint density at radius 1 is 1.23 bits per heavy atom. The molecule has 0 radical (unpaired) electrons. The number of benzene rings is 1. The van der Waals surface area contributed by atoms with Crippen LogP contribution in [0.4, 0.5) is 0 Å². The fourth-order valence-corrected chi connectivity index (χ4v) is 1.02. The van der Waals surface area contributed by atoms with E-state index in [1.807, 2.05) is 30.3 Å². The van der Waals surface area contributed by atoms with Crippen LogP contribution >= 0.6 is 23.2 Å². The van der Waals surface area contributed by atoms with Gasteiger partial charge in [-0.1, -0.05) is 18.2 Å². The predicted octanol–water partition coefficient (Wildman–Crippen LogP) is 3.65. The highest BCUT2D eigenvalue weighted by Gasteiger charge is 2.15. The van der Waals surface area contributed by atoms with Crippen LogP contribution < -0.4 is 4.74 Å². The molecule has 0 fully saturated rings. The third-order valence-electron chi connectivity index (χ3n) is 1.55. The zero-order valence-electron chi connectivity index (χ0n) is 7.47. The molecule has 0 aliphatic rings. The second-order valence-electron chi connectivity index (χ2n) is 2.98. The van der Waals surface area contributed by atoms with E-state index >= 15 is 0 Å². The Bertz CT molecular complexity index is 241. The minimum Gasteiger partial charge on any atom is -0.493 e. The molecule has 1 aromatic rings. The largest absolute Gasteiger partial charge is 0.493 e. The first kappa shape index (κ1) is 10.7. The first-order valence-electron chi connectivity index (χ1n) is 4.14. The highest BCUT2D eigenvalue weighted by atomic mass is 35.5. The van der Waals surface area contributed by atoms with Gasteiger partial charge in [0.1, 0.15) is 10.1 Å². The van der Waals surface area contributed by atoms with Gasteiger partial charge in [-0.25, -0.2) is 0 Å². The van der Waals surface area contributed by atoms with Crippen LogP contribution in [-0.4, -0.2) is 10.9 Å². The molecule has 0 atom stereocenters. The lowest BCUT2D eigenvalue weighted by Gasteiger charge is -2.13. The van der Waals surface area contributed by atoms with Crippen LogP contribution in [0.5, 0.6) is 5.75 Å². The van der Waals surface area contributed by atoms with Gasteiger partial charge >= 0.3 is 0 Å². The second kappa shape index (κ2) is 4.73. The molecule has 13 heavy (non-hydrogen) atoms. The summed E-state index contributed by atoms with van der Waals surface area (Å²) in [6, 6.07) is 9.60. The maximum Gasteiger partial charge on any atom is 0.119 e. The van der Waals surface area contributed by atoms with E-state index in [0.717, 1.165) is 5.75 Å². The summed E-state index contributed by atoms with van der Waals surface area (Å²) < 4.78 is 4.71. The Balaban J connectivity index is 2.29. The molecule has 1 aromatic carbocycles. The van der Waals surface area contributed by atoms with Crippen molar-refractivity contribution in [2.24, 2.45) is 0 Å². The number of rotatable bonds is 4. The fourth-order valence-electron chi connectivity index (χ4n) is 0.865. The number of para-hydroxylation sites is 1. The fraction of sp³-hybridized carbons (Fsp3) is 0.400. The van der Waals surface area contributed by atoms with E-state index in [-0.39, 0.29) is 0 Å². The van der Waals surface area contributed by atoms with Gasteiger partial charge in [0, 0.05) is 6.42 Å². The van der Waals surface area contributed by atoms with Crippen LogP contribution in [0.15, 0.2) is 30.3 Å². The molecule has 0 aliphatic carbocycles. The van der Waals surface area contributed by atoms with Gasteiger partial charge in [-0.2, -0.15) is 0 Å². The molecule has 1 rings (SSSR count). The Hall–Kier alpha value is -0.400. The first-order valence-corrected chi connectivity index (χ1v) is 4.89. The average Bonchev–Trinajstić information content (AvgIpc) is 2.04. The maximum atomic E-state index is 5.78. The molecule has 0 aliphatic heterocycles. The lowest BCUT2D eigenvalue weighted by Crippen LogP contribution is -2.11. The van der Waals surface area contributed by atoms with Crippen LogP contribution in [0.2, 0.25) is 0 Å². The normalized spacial score (nSPS) is 11.3. The molecule has 0 saturated carbocycles. The monoisotopic (exact) mass is 218 g/mol. The Labute approximate surface area is 88.6 Å². The Morgan fingerprint density at radius 3 is 2.38 bits per heavy atom. The van der Waals surface area contributed by atoms with E-state index in [4.69, 9.17) is 27.9 Å². The van der Waals surface area contributed by atoms with Gasteiger partial charge in [0.25, 0.3) is 0 Å². The summed E-state index contributed by atoms with van der Waals surface area (Å²) >= 11 is 11.6. The summed E-state index contributed by atoms with van der Waals surface area (Å²) in [5.41, 5.74) is 0. The minimum absolute atomic E-state index is 0.535. The minimum atomic E-state index is -0.700. The van der Waals surface area contributed by atoms with Crippen molar-refractivity contribution in [3.8, 4) is 5.75 Å². The van der Waals surface area contributed by atoms with Crippen molar-refractivity contribution >= 4 is 23.2 Å². The molecule has 0 saturated heterocycles. The number of hydrogen-bond donors (Lipinski definition) is 0. The van der Waals surface area contributed by atoms with Crippen molar-refractivity contribution in [1.29, 1.82) is 0 Å². The third kappa shape index (κ3) is 5.02. The molecule has 0 spiro atoms. The summed E-state index contributed by atoms with van der Waals surface area (Å²) in [4.78, 5) is 0. The van der Waals surface area contributed by atoms with Gasteiger partial charge in [0.2, 0.25) is 0 Å². The van der Waals surface area contributed by atoms with Crippen LogP contribution in [-0.2, 0) is 0 Å². The number of hydrogen-bond acceptors (Lipinski definition) is 1. The van der Waals surface area contributed by atoms with Gasteiger partial charge in [0.15, 0.2) is 0 Å². The van der Waals surface area contributed by atoms with Crippen molar-refractivity contribution in [2.45, 2.75) is 17.7 Å². The molecule has 0 amide bonds. The molecular formula is C10H12Cl2O. The van der Waals surface area contributed by atoms with E-state index in [1.165, 1.54) is 0 Å². The SMILES string of the molecule is CC(Cl)(Cl)CCOc1ccccc1. The van der Waals surface area contributed by atoms with Gasteiger partial charge in [-0.05, 0) is 19.1 Å². The van der Waals surface area contributed by atoms with Gasteiger partial charge in [-0.15, -0.1) is 23.2 Å². The van der Waals surface area contributed by atoms with Gasteiger partial charge in [0.05, 0.1) is 6.61 Å². The van der Waals surface area contributed by atoms with Gasteiger partial charge < -0.3 is 4.74 Å². The third-order valence-corrected chi connectivity index (χ3v) is 1.93. The highest BCUT2D eigenvalue weighted by Crippen LogP contribution is 2.24. The van der Waals surface area contributed by atoms with E-state index in [1.54, 1.807) is 6.92 Å². The van der Waals surface area contributed by atoms with E-state index in [9.17, 15) is 0 Å². The van der Waals surface area contributed by atoms with Crippen LogP contribution in [0, 0.1) is 0 Å². The topological polar surface area (TPSA) is 9.23 Å². The zero-order valence-corrected chi connectivity index (χ0v) is 8.98. The number of alkyl halides is 2. The second-order valence-corrected chi connectivity index (χ2v) is 4.84. The predicted molar refractivity (Wildman–Crippen MR) is 56.7 cm³/mol. The molecular weight excluding hydrogens is 207 g/mol. The lowest BCUT2D eigenvalue weighted by molar-refractivity contribution is 0.306.